The largest absolute Gasteiger partial charge is 0.313 e. The van der Waals surface area contributed by atoms with E-state index in [9.17, 15) is 4.39 Å². The Balaban J connectivity index is 1.72. The van der Waals surface area contributed by atoms with Gasteiger partial charge in [0.2, 0.25) is 0 Å². The quantitative estimate of drug-likeness (QED) is 0.890. The number of halogens is 1. The van der Waals surface area contributed by atoms with Crippen molar-refractivity contribution >= 4 is 0 Å². The highest BCUT2D eigenvalue weighted by Crippen LogP contribution is 2.36. The lowest BCUT2D eigenvalue weighted by Gasteiger charge is -2.34. The van der Waals surface area contributed by atoms with Gasteiger partial charge in [-0.1, -0.05) is 19.4 Å². The van der Waals surface area contributed by atoms with Gasteiger partial charge in [-0.05, 0) is 68.5 Å². The minimum atomic E-state index is -0.0922. The maximum atomic E-state index is 13.4. The molecule has 2 aliphatic rings. The van der Waals surface area contributed by atoms with Gasteiger partial charge >= 0.3 is 0 Å². The summed E-state index contributed by atoms with van der Waals surface area (Å²) in [7, 11) is 0. The number of rotatable bonds is 5. The molecule has 2 nitrogen and oxygen atoms in total. The van der Waals surface area contributed by atoms with Crippen molar-refractivity contribution in [2.75, 3.05) is 19.6 Å². The minimum Gasteiger partial charge on any atom is -0.313 e. The van der Waals surface area contributed by atoms with Crippen LogP contribution in [0.4, 0.5) is 4.39 Å². The van der Waals surface area contributed by atoms with E-state index >= 15 is 0 Å². The zero-order valence-corrected chi connectivity index (χ0v) is 13.1. The predicted octanol–water partition coefficient (Wildman–Crippen LogP) is 3.67. The van der Waals surface area contributed by atoms with Crippen LogP contribution in [0.15, 0.2) is 18.2 Å². The van der Waals surface area contributed by atoms with Crippen LogP contribution in [-0.4, -0.2) is 30.6 Å². The molecular weight excluding hydrogens is 263 g/mol. The molecular formula is C18H27FN2. The summed E-state index contributed by atoms with van der Waals surface area (Å²) in [5.74, 6) is -0.0922. The van der Waals surface area contributed by atoms with E-state index in [0.29, 0.717) is 12.1 Å². The van der Waals surface area contributed by atoms with Crippen molar-refractivity contribution in [3.63, 3.8) is 0 Å². The molecule has 1 saturated heterocycles. The second-order valence-corrected chi connectivity index (χ2v) is 6.54. The van der Waals surface area contributed by atoms with Crippen molar-refractivity contribution in [2.24, 2.45) is 0 Å². The maximum absolute atomic E-state index is 13.4. The Kier molecular flexibility index (Phi) is 4.91. The summed E-state index contributed by atoms with van der Waals surface area (Å²) in [4.78, 5) is 2.63. The number of hydrogen-bond donors (Lipinski definition) is 1. The van der Waals surface area contributed by atoms with Crippen molar-refractivity contribution in [3.8, 4) is 0 Å². The van der Waals surface area contributed by atoms with E-state index in [2.05, 4.69) is 17.1 Å². The highest BCUT2D eigenvalue weighted by Gasteiger charge is 2.29. The third kappa shape index (κ3) is 3.46. The summed E-state index contributed by atoms with van der Waals surface area (Å²) in [5.41, 5.74) is 2.58. The number of hydrogen-bond acceptors (Lipinski definition) is 2. The molecule has 0 saturated carbocycles. The Morgan fingerprint density at radius 2 is 2.19 bits per heavy atom. The van der Waals surface area contributed by atoms with Crippen LogP contribution in [-0.2, 0) is 6.42 Å². The van der Waals surface area contributed by atoms with Crippen LogP contribution in [0.25, 0.3) is 0 Å². The van der Waals surface area contributed by atoms with Crippen molar-refractivity contribution in [2.45, 2.75) is 57.5 Å². The summed E-state index contributed by atoms with van der Waals surface area (Å²) < 4.78 is 13.4. The fourth-order valence-electron chi connectivity index (χ4n) is 3.97. The molecule has 1 fully saturated rings. The number of nitrogens with zero attached hydrogens (tertiary/aromatic N) is 1. The Hall–Kier alpha value is -0.930. The molecule has 1 aromatic carbocycles. The Morgan fingerprint density at radius 3 is 2.95 bits per heavy atom. The second-order valence-electron chi connectivity index (χ2n) is 6.54. The molecule has 3 rings (SSSR count). The van der Waals surface area contributed by atoms with Gasteiger partial charge in [0.15, 0.2) is 0 Å². The van der Waals surface area contributed by atoms with Gasteiger partial charge in [-0.15, -0.1) is 0 Å². The van der Waals surface area contributed by atoms with Crippen LogP contribution >= 0.6 is 0 Å². The van der Waals surface area contributed by atoms with E-state index < -0.39 is 0 Å². The summed E-state index contributed by atoms with van der Waals surface area (Å²) in [6.45, 7) is 5.69. The van der Waals surface area contributed by atoms with E-state index in [1.165, 1.54) is 36.8 Å². The van der Waals surface area contributed by atoms with Crippen LogP contribution in [0, 0.1) is 5.82 Å². The van der Waals surface area contributed by atoms with E-state index in [-0.39, 0.29) is 5.82 Å². The predicted molar refractivity (Wildman–Crippen MR) is 85.0 cm³/mol. The van der Waals surface area contributed by atoms with Gasteiger partial charge in [0.1, 0.15) is 5.82 Å². The van der Waals surface area contributed by atoms with Gasteiger partial charge in [-0.25, -0.2) is 4.39 Å². The van der Waals surface area contributed by atoms with Crippen LogP contribution in [0.1, 0.15) is 56.2 Å². The van der Waals surface area contributed by atoms with Crippen molar-refractivity contribution in [3.05, 3.63) is 35.1 Å². The molecule has 0 spiro atoms. The van der Waals surface area contributed by atoms with Crippen LogP contribution < -0.4 is 5.32 Å². The highest BCUT2D eigenvalue weighted by atomic mass is 19.1. The monoisotopic (exact) mass is 290 g/mol. The van der Waals surface area contributed by atoms with Gasteiger partial charge < -0.3 is 5.32 Å². The number of benzene rings is 1. The van der Waals surface area contributed by atoms with Crippen LogP contribution in [0.2, 0.25) is 0 Å². The third-order valence-electron chi connectivity index (χ3n) is 4.97. The maximum Gasteiger partial charge on any atom is 0.123 e. The molecule has 0 amide bonds. The van der Waals surface area contributed by atoms with E-state index in [1.54, 1.807) is 12.1 Å². The zero-order valence-electron chi connectivity index (χ0n) is 13.1. The molecule has 0 radical (unpaired) electrons. The lowest BCUT2D eigenvalue weighted by Crippen LogP contribution is -2.44. The molecule has 0 bridgehead atoms. The summed E-state index contributed by atoms with van der Waals surface area (Å²) in [5, 5.41) is 3.66. The average Bonchev–Trinajstić information content (AvgIpc) is 2.90. The first-order valence-electron chi connectivity index (χ1n) is 8.53. The van der Waals surface area contributed by atoms with Crippen LogP contribution in [0.5, 0.6) is 0 Å². The molecule has 3 heteroatoms. The fourth-order valence-corrected chi connectivity index (χ4v) is 3.97. The van der Waals surface area contributed by atoms with Gasteiger partial charge in [0.25, 0.3) is 0 Å². The molecule has 1 aliphatic carbocycles. The number of nitrogens with one attached hydrogen (secondary N) is 1. The number of fused-ring (bicyclic) bond motifs is 1. The average molecular weight is 290 g/mol. The molecule has 116 valence electrons. The van der Waals surface area contributed by atoms with Crippen molar-refractivity contribution in [1.82, 2.24) is 10.2 Å². The summed E-state index contributed by atoms with van der Waals surface area (Å²) in [6, 6.07) is 6.50. The lowest BCUT2D eigenvalue weighted by atomic mass is 10.0. The van der Waals surface area contributed by atoms with Gasteiger partial charge in [0, 0.05) is 18.6 Å². The van der Waals surface area contributed by atoms with E-state index in [1.807, 2.05) is 6.07 Å². The molecule has 0 aromatic heterocycles. The van der Waals surface area contributed by atoms with Crippen LogP contribution in [0.3, 0.4) is 0 Å². The number of aryl methyl sites for hydroxylation is 1. The second kappa shape index (κ2) is 6.89. The topological polar surface area (TPSA) is 15.3 Å². The lowest BCUT2D eigenvalue weighted by molar-refractivity contribution is 0.165. The van der Waals surface area contributed by atoms with Crippen molar-refractivity contribution in [1.29, 1.82) is 0 Å². The standard InChI is InChI=1S/C18H27FN2/c1-2-11-21(13-16-5-3-4-10-20-16)18-9-6-14-12-15(19)7-8-17(14)18/h7-8,12,16,18,20H,2-6,9-11,13H2,1H3. The molecule has 1 aromatic rings. The van der Waals surface area contributed by atoms with Gasteiger partial charge in [-0.2, -0.15) is 0 Å². The normalized spacial score (nSPS) is 25.3. The SMILES string of the molecule is CCCN(CC1CCCCN1)C1CCc2cc(F)ccc21. The first-order valence-corrected chi connectivity index (χ1v) is 8.53. The first kappa shape index (κ1) is 15.0. The smallest absolute Gasteiger partial charge is 0.123 e. The van der Waals surface area contributed by atoms with E-state index in [4.69, 9.17) is 0 Å². The zero-order chi connectivity index (χ0) is 14.7. The molecule has 21 heavy (non-hydrogen) atoms. The Labute approximate surface area is 127 Å². The van der Waals surface area contributed by atoms with Crippen molar-refractivity contribution < 1.29 is 4.39 Å². The molecule has 1 heterocycles. The summed E-state index contributed by atoms with van der Waals surface area (Å²) in [6.07, 6.45) is 7.31. The molecule has 1 N–H and O–H groups in total. The summed E-state index contributed by atoms with van der Waals surface area (Å²) >= 11 is 0. The van der Waals surface area contributed by atoms with Gasteiger partial charge in [0.05, 0.1) is 0 Å². The fraction of sp³-hybridized carbons (Fsp3) is 0.667. The minimum absolute atomic E-state index is 0.0922. The van der Waals surface area contributed by atoms with Gasteiger partial charge in [-0.3, -0.25) is 4.90 Å². The molecule has 1 aliphatic heterocycles. The Morgan fingerprint density at radius 1 is 1.29 bits per heavy atom. The third-order valence-corrected chi connectivity index (χ3v) is 4.97. The highest BCUT2D eigenvalue weighted by molar-refractivity contribution is 5.35. The van der Waals surface area contributed by atoms with E-state index in [0.717, 1.165) is 32.5 Å². The Bertz CT molecular complexity index is 468. The first-order chi connectivity index (χ1) is 10.3. The molecule has 2 atom stereocenters. The number of piperidine rings is 1. The molecule has 2 unspecified atom stereocenters.